The second-order valence-electron chi connectivity index (χ2n) is 6.35. The maximum absolute atomic E-state index is 12.3. The summed E-state index contributed by atoms with van der Waals surface area (Å²) in [6.07, 6.45) is 5.29. The van der Waals surface area contributed by atoms with Crippen LogP contribution in [0.5, 0.6) is 0 Å². The number of nitrogens with zero attached hydrogens (tertiary/aromatic N) is 2. The molecule has 7 nitrogen and oxygen atoms in total. The Kier molecular flexibility index (Phi) is 5.19. The highest BCUT2D eigenvalue weighted by atomic mass is 16.5. The minimum atomic E-state index is -0.438. The van der Waals surface area contributed by atoms with Gasteiger partial charge in [-0.25, -0.2) is 9.78 Å². The van der Waals surface area contributed by atoms with Gasteiger partial charge in [0.1, 0.15) is 11.2 Å². The third kappa shape index (κ3) is 3.59. The van der Waals surface area contributed by atoms with Crippen LogP contribution in [0.25, 0.3) is 11.0 Å². The number of hydrogen-bond acceptors (Lipinski definition) is 6. The Morgan fingerprint density at radius 1 is 1.56 bits per heavy atom. The van der Waals surface area contributed by atoms with Crippen LogP contribution in [-0.4, -0.2) is 39.8 Å². The fourth-order valence-corrected chi connectivity index (χ4v) is 3.45. The number of anilines is 1. The fraction of sp³-hybridized carbons (Fsp3) is 0.500. The molecule has 3 rings (SSSR count). The van der Waals surface area contributed by atoms with Crippen molar-refractivity contribution < 1.29 is 14.6 Å². The van der Waals surface area contributed by atoms with Gasteiger partial charge in [-0.2, -0.15) is 5.26 Å². The van der Waals surface area contributed by atoms with E-state index in [0.29, 0.717) is 42.8 Å². The molecule has 7 heteroatoms. The Labute approximate surface area is 146 Å². The number of aliphatic hydroxyl groups is 1. The standard InChI is InChI=1S/C18H22N4O3/c1-2-25-18(24)14-10-21-17-13(6-8-20-17)16(14)22-12-3-4-15(23)11(9-12)5-7-19/h6,8,10-12,15,23H,2-5,9H2,1H3,(H2,20,21,22). The Morgan fingerprint density at radius 2 is 2.40 bits per heavy atom. The molecule has 3 atom stereocenters. The molecule has 25 heavy (non-hydrogen) atoms. The molecule has 3 N–H and O–H groups in total. The lowest BCUT2D eigenvalue weighted by atomic mass is 9.81. The van der Waals surface area contributed by atoms with Gasteiger partial charge >= 0.3 is 5.97 Å². The molecule has 0 bridgehead atoms. The smallest absolute Gasteiger partial charge is 0.341 e. The summed E-state index contributed by atoms with van der Waals surface area (Å²) in [4.78, 5) is 19.6. The van der Waals surface area contributed by atoms with Gasteiger partial charge in [0.2, 0.25) is 0 Å². The van der Waals surface area contributed by atoms with Crippen molar-refractivity contribution in [1.29, 1.82) is 5.26 Å². The largest absolute Gasteiger partial charge is 0.462 e. The maximum atomic E-state index is 12.3. The molecule has 0 aromatic carbocycles. The first kappa shape index (κ1) is 17.2. The normalized spacial score (nSPS) is 23.2. The third-order valence-electron chi connectivity index (χ3n) is 4.73. The summed E-state index contributed by atoms with van der Waals surface area (Å²) in [7, 11) is 0. The van der Waals surface area contributed by atoms with Gasteiger partial charge in [-0.15, -0.1) is 0 Å². The van der Waals surface area contributed by atoms with E-state index in [9.17, 15) is 9.90 Å². The molecule has 0 spiro atoms. The van der Waals surface area contributed by atoms with E-state index < -0.39 is 12.1 Å². The fourth-order valence-electron chi connectivity index (χ4n) is 3.45. The highest BCUT2D eigenvalue weighted by Crippen LogP contribution is 2.33. The molecule has 0 saturated heterocycles. The van der Waals surface area contributed by atoms with Crippen molar-refractivity contribution in [1.82, 2.24) is 9.97 Å². The van der Waals surface area contributed by atoms with Crippen molar-refractivity contribution in [2.75, 3.05) is 11.9 Å². The van der Waals surface area contributed by atoms with E-state index in [-0.39, 0.29) is 12.0 Å². The predicted molar refractivity (Wildman–Crippen MR) is 93.0 cm³/mol. The summed E-state index contributed by atoms with van der Waals surface area (Å²) in [5, 5.41) is 23.3. The quantitative estimate of drug-likeness (QED) is 0.720. The van der Waals surface area contributed by atoms with Crippen LogP contribution >= 0.6 is 0 Å². The summed E-state index contributed by atoms with van der Waals surface area (Å²) in [5.41, 5.74) is 1.79. The van der Waals surface area contributed by atoms with Gasteiger partial charge in [0.15, 0.2) is 0 Å². The number of aliphatic hydroxyl groups excluding tert-OH is 1. The van der Waals surface area contributed by atoms with Gasteiger partial charge in [0.25, 0.3) is 0 Å². The topological polar surface area (TPSA) is 111 Å². The number of hydrogen-bond donors (Lipinski definition) is 3. The number of fused-ring (bicyclic) bond motifs is 1. The summed E-state index contributed by atoms with van der Waals surface area (Å²) >= 11 is 0. The van der Waals surface area contributed by atoms with E-state index in [1.807, 2.05) is 6.07 Å². The van der Waals surface area contributed by atoms with Crippen LogP contribution in [0, 0.1) is 17.2 Å². The number of nitriles is 1. The highest BCUT2D eigenvalue weighted by Gasteiger charge is 2.30. The lowest BCUT2D eigenvalue weighted by molar-refractivity contribution is 0.0526. The van der Waals surface area contributed by atoms with E-state index >= 15 is 0 Å². The van der Waals surface area contributed by atoms with E-state index in [1.165, 1.54) is 6.20 Å². The van der Waals surface area contributed by atoms with Crippen LogP contribution in [0.1, 0.15) is 43.0 Å². The Balaban J connectivity index is 1.89. The van der Waals surface area contributed by atoms with Gasteiger partial charge in [-0.05, 0) is 38.2 Å². The molecule has 3 unspecified atom stereocenters. The molecule has 0 radical (unpaired) electrons. The molecule has 1 aliphatic rings. The average molecular weight is 342 g/mol. The zero-order valence-corrected chi connectivity index (χ0v) is 14.2. The van der Waals surface area contributed by atoms with Crippen molar-refractivity contribution in [2.45, 2.75) is 44.8 Å². The van der Waals surface area contributed by atoms with Crippen LogP contribution in [0.3, 0.4) is 0 Å². The second-order valence-corrected chi connectivity index (χ2v) is 6.35. The molecule has 132 valence electrons. The molecule has 1 saturated carbocycles. The van der Waals surface area contributed by atoms with Crippen molar-refractivity contribution >= 4 is 22.7 Å². The van der Waals surface area contributed by atoms with Crippen LogP contribution < -0.4 is 5.32 Å². The maximum Gasteiger partial charge on any atom is 0.341 e. The number of carbonyl (C=O) groups is 1. The van der Waals surface area contributed by atoms with Crippen LogP contribution in [0.15, 0.2) is 18.5 Å². The first-order valence-electron chi connectivity index (χ1n) is 8.58. The minimum absolute atomic E-state index is 0.0501. The first-order chi connectivity index (χ1) is 12.1. The van der Waals surface area contributed by atoms with E-state index in [4.69, 9.17) is 10.00 Å². The summed E-state index contributed by atoms with van der Waals surface area (Å²) in [5.74, 6) is -0.462. The number of carbonyl (C=O) groups excluding carboxylic acids is 1. The van der Waals surface area contributed by atoms with Gasteiger partial charge in [-0.1, -0.05) is 0 Å². The molecule has 2 heterocycles. The number of H-pyrrole nitrogens is 1. The highest BCUT2D eigenvalue weighted by molar-refractivity contribution is 6.04. The first-order valence-corrected chi connectivity index (χ1v) is 8.58. The average Bonchev–Trinajstić information content (AvgIpc) is 3.07. The van der Waals surface area contributed by atoms with Gasteiger partial charge in [-0.3, -0.25) is 0 Å². The SMILES string of the molecule is CCOC(=O)c1cnc2[nH]ccc2c1NC1CCC(O)C(CC#N)C1. The number of ether oxygens (including phenoxy) is 1. The number of nitrogens with one attached hydrogen (secondary N) is 2. The van der Waals surface area contributed by atoms with Crippen molar-refractivity contribution in [3.8, 4) is 6.07 Å². The summed E-state index contributed by atoms with van der Waals surface area (Å²) in [6, 6.07) is 4.10. The van der Waals surface area contributed by atoms with Crippen LogP contribution in [0.2, 0.25) is 0 Å². The Hall–Kier alpha value is -2.59. The zero-order chi connectivity index (χ0) is 17.8. The number of aromatic amines is 1. The lowest BCUT2D eigenvalue weighted by Gasteiger charge is -2.33. The lowest BCUT2D eigenvalue weighted by Crippen LogP contribution is -2.36. The number of aromatic nitrogens is 2. The third-order valence-corrected chi connectivity index (χ3v) is 4.73. The minimum Gasteiger partial charge on any atom is -0.462 e. The van der Waals surface area contributed by atoms with E-state index in [1.54, 1.807) is 13.1 Å². The molecule has 0 amide bonds. The predicted octanol–water partition coefficient (Wildman–Crippen LogP) is 2.59. The molecule has 2 aromatic heterocycles. The molecule has 1 aliphatic carbocycles. The Bertz CT molecular complexity index is 795. The number of esters is 1. The van der Waals surface area contributed by atoms with Crippen LogP contribution in [0.4, 0.5) is 5.69 Å². The van der Waals surface area contributed by atoms with E-state index in [0.717, 1.165) is 11.8 Å². The molecule has 2 aromatic rings. The summed E-state index contributed by atoms with van der Waals surface area (Å²) < 4.78 is 5.15. The monoisotopic (exact) mass is 342 g/mol. The number of rotatable bonds is 5. The molecular weight excluding hydrogens is 320 g/mol. The number of pyridine rings is 1. The molecular formula is C18H22N4O3. The van der Waals surface area contributed by atoms with Crippen molar-refractivity contribution in [2.24, 2.45) is 5.92 Å². The van der Waals surface area contributed by atoms with Gasteiger partial charge in [0, 0.05) is 30.2 Å². The van der Waals surface area contributed by atoms with Crippen molar-refractivity contribution in [3.05, 3.63) is 24.0 Å². The molecule has 1 fully saturated rings. The second kappa shape index (κ2) is 7.53. The van der Waals surface area contributed by atoms with Gasteiger partial charge in [0.05, 0.1) is 24.5 Å². The molecule has 0 aliphatic heterocycles. The summed E-state index contributed by atoms with van der Waals surface area (Å²) in [6.45, 7) is 2.06. The zero-order valence-electron chi connectivity index (χ0n) is 14.2. The van der Waals surface area contributed by atoms with E-state index in [2.05, 4.69) is 21.4 Å². The Morgan fingerprint density at radius 3 is 3.16 bits per heavy atom. The van der Waals surface area contributed by atoms with Crippen molar-refractivity contribution in [3.63, 3.8) is 0 Å². The van der Waals surface area contributed by atoms with Gasteiger partial charge < -0.3 is 20.1 Å². The van der Waals surface area contributed by atoms with Crippen LogP contribution in [-0.2, 0) is 4.74 Å².